The Morgan fingerprint density at radius 3 is 2.61 bits per heavy atom. The third-order valence-corrected chi connectivity index (χ3v) is 3.86. The Kier molecular flexibility index (Phi) is 5.88. The predicted octanol–water partition coefficient (Wildman–Crippen LogP) is 3.14. The van der Waals surface area contributed by atoms with Gasteiger partial charge in [-0.05, 0) is 57.2 Å². The molecule has 0 unspecified atom stereocenters. The van der Waals surface area contributed by atoms with Crippen molar-refractivity contribution in [2.45, 2.75) is 45.1 Å². The minimum Gasteiger partial charge on any atom is -0.492 e. The fraction of sp³-hybridized carbons (Fsp3) is 0.611. The fourth-order valence-electron chi connectivity index (χ4n) is 2.76. The van der Waals surface area contributed by atoms with Gasteiger partial charge in [-0.3, -0.25) is 0 Å². The molecular weight excluding hydrogens is 292 g/mol. The van der Waals surface area contributed by atoms with E-state index in [2.05, 4.69) is 12.1 Å². The van der Waals surface area contributed by atoms with Crippen LogP contribution in [0.5, 0.6) is 5.75 Å². The van der Waals surface area contributed by atoms with Gasteiger partial charge in [0.1, 0.15) is 18.0 Å². The Labute approximate surface area is 138 Å². The first-order chi connectivity index (χ1) is 10.9. The van der Waals surface area contributed by atoms with Crippen LogP contribution in [0.3, 0.4) is 0 Å². The normalized spacial score (nSPS) is 16.3. The van der Waals surface area contributed by atoms with Crippen molar-refractivity contribution < 1.29 is 14.3 Å². The molecule has 0 bridgehead atoms. The van der Waals surface area contributed by atoms with Gasteiger partial charge in [-0.15, -0.1) is 0 Å². The monoisotopic (exact) mass is 320 g/mol. The predicted molar refractivity (Wildman–Crippen MR) is 90.8 cm³/mol. The minimum atomic E-state index is -0.442. The van der Waals surface area contributed by atoms with Crippen LogP contribution in [-0.2, 0) is 4.74 Å². The van der Waals surface area contributed by atoms with E-state index < -0.39 is 5.60 Å². The van der Waals surface area contributed by atoms with Gasteiger partial charge in [-0.2, -0.15) is 0 Å². The van der Waals surface area contributed by atoms with Crippen LogP contribution in [0.2, 0.25) is 0 Å². The molecule has 2 rings (SSSR count). The number of carbonyl (C=O) groups excluding carboxylic acids is 1. The summed E-state index contributed by atoms with van der Waals surface area (Å²) in [5.41, 5.74) is 6.30. The molecule has 1 aromatic carbocycles. The van der Waals surface area contributed by atoms with Gasteiger partial charge in [0, 0.05) is 19.6 Å². The standard InChI is InChI=1S/C18H28N2O3/c1-18(2,3)23-17(21)20-10-7-14(8-11-20)15-5-4-6-16(13-15)22-12-9-19/h4-6,13-14H,7-12,19H2,1-3H3. The molecule has 1 aliphatic rings. The molecule has 128 valence electrons. The molecule has 0 radical (unpaired) electrons. The smallest absolute Gasteiger partial charge is 0.410 e. The molecular formula is C18H28N2O3. The summed E-state index contributed by atoms with van der Waals surface area (Å²) in [5, 5.41) is 0. The van der Waals surface area contributed by atoms with Crippen molar-refractivity contribution in [3.63, 3.8) is 0 Å². The van der Waals surface area contributed by atoms with Crippen LogP contribution in [0.1, 0.15) is 45.1 Å². The Morgan fingerprint density at radius 2 is 2.00 bits per heavy atom. The van der Waals surface area contributed by atoms with Crippen LogP contribution < -0.4 is 10.5 Å². The maximum Gasteiger partial charge on any atom is 0.410 e. The molecule has 1 saturated heterocycles. The number of hydrogen-bond donors (Lipinski definition) is 1. The fourth-order valence-corrected chi connectivity index (χ4v) is 2.76. The minimum absolute atomic E-state index is 0.212. The molecule has 0 aromatic heterocycles. The van der Waals surface area contributed by atoms with Gasteiger partial charge in [-0.25, -0.2) is 4.79 Å². The van der Waals surface area contributed by atoms with E-state index >= 15 is 0 Å². The summed E-state index contributed by atoms with van der Waals surface area (Å²) in [6, 6.07) is 8.18. The molecule has 1 aliphatic heterocycles. The second-order valence-corrected chi connectivity index (χ2v) is 6.95. The number of benzene rings is 1. The first kappa shape index (κ1) is 17.6. The lowest BCUT2D eigenvalue weighted by molar-refractivity contribution is 0.0205. The number of amides is 1. The van der Waals surface area contributed by atoms with E-state index in [1.54, 1.807) is 4.90 Å². The van der Waals surface area contributed by atoms with Gasteiger partial charge in [-0.1, -0.05) is 12.1 Å². The Hall–Kier alpha value is -1.75. The SMILES string of the molecule is CC(C)(C)OC(=O)N1CCC(c2cccc(OCCN)c2)CC1. The van der Waals surface area contributed by atoms with Gasteiger partial charge >= 0.3 is 6.09 Å². The molecule has 1 aromatic rings. The highest BCUT2D eigenvalue weighted by Gasteiger charge is 2.27. The quantitative estimate of drug-likeness (QED) is 0.925. The summed E-state index contributed by atoms with van der Waals surface area (Å²) in [5.74, 6) is 1.32. The summed E-state index contributed by atoms with van der Waals surface area (Å²) >= 11 is 0. The zero-order chi connectivity index (χ0) is 16.9. The van der Waals surface area contributed by atoms with Crippen molar-refractivity contribution in [3.8, 4) is 5.75 Å². The highest BCUT2D eigenvalue weighted by atomic mass is 16.6. The van der Waals surface area contributed by atoms with E-state index in [1.165, 1.54) is 5.56 Å². The van der Waals surface area contributed by atoms with Crippen LogP contribution in [0, 0.1) is 0 Å². The van der Waals surface area contributed by atoms with E-state index in [0.29, 0.717) is 19.1 Å². The number of likely N-dealkylation sites (tertiary alicyclic amines) is 1. The first-order valence-corrected chi connectivity index (χ1v) is 8.30. The molecule has 0 atom stereocenters. The van der Waals surface area contributed by atoms with Gasteiger partial charge in [0.25, 0.3) is 0 Å². The second-order valence-electron chi connectivity index (χ2n) is 6.95. The number of nitrogens with zero attached hydrogens (tertiary/aromatic N) is 1. The van der Waals surface area contributed by atoms with E-state index in [4.69, 9.17) is 15.2 Å². The van der Waals surface area contributed by atoms with Gasteiger partial charge < -0.3 is 20.1 Å². The van der Waals surface area contributed by atoms with Gasteiger partial charge in [0.15, 0.2) is 0 Å². The number of carbonyl (C=O) groups is 1. The highest BCUT2D eigenvalue weighted by molar-refractivity contribution is 5.68. The molecule has 1 fully saturated rings. The number of ether oxygens (including phenoxy) is 2. The third-order valence-electron chi connectivity index (χ3n) is 3.86. The molecule has 5 heteroatoms. The van der Waals surface area contributed by atoms with Crippen molar-refractivity contribution in [1.82, 2.24) is 4.90 Å². The summed E-state index contributed by atoms with van der Waals surface area (Å²) in [4.78, 5) is 13.9. The molecule has 5 nitrogen and oxygen atoms in total. The van der Waals surface area contributed by atoms with Crippen molar-refractivity contribution in [3.05, 3.63) is 29.8 Å². The van der Waals surface area contributed by atoms with Crippen molar-refractivity contribution >= 4 is 6.09 Å². The largest absolute Gasteiger partial charge is 0.492 e. The number of piperidine rings is 1. The summed E-state index contributed by atoms with van der Waals surface area (Å²) < 4.78 is 11.0. The molecule has 2 N–H and O–H groups in total. The molecule has 0 spiro atoms. The molecule has 1 amide bonds. The molecule has 0 saturated carbocycles. The Balaban J connectivity index is 1.90. The Morgan fingerprint density at radius 1 is 1.30 bits per heavy atom. The molecule has 0 aliphatic carbocycles. The van der Waals surface area contributed by atoms with Crippen molar-refractivity contribution in [2.24, 2.45) is 5.73 Å². The van der Waals surface area contributed by atoms with Gasteiger partial charge in [0.2, 0.25) is 0 Å². The lowest BCUT2D eigenvalue weighted by Crippen LogP contribution is -2.41. The van der Waals surface area contributed by atoms with Crippen LogP contribution in [-0.4, -0.2) is 42.8 Å². The van der Waals surface area contributed by atoms with Gasteiger partial charge in [0.05, 0.1) is 0 Å². The zero-order valence-corrected chi connectivity index (χ0v) is 14.4. The number of hydrogen-bond acceptors (Lipinski definition) is 4. The number of nitrogens with two attached hydrogens (primary N) is 1. The molecule has 1 heterocycles. The van der Waals surface area contributed by atoms with E-state index in [-0.39, 0.29) is 6.09 Å². The zero-order valence-electron chi connectivity index (χ0n) is 14.4. The third kappa shape index (κ3) is 5.43. The van der Waals surface area contributed by atoms with Crippen molar-refractivity contribution in [1.29, 1.82) is 0 Å². The first-order valence-electron chi connectivity index (χ1n) is 8.30. The Bertz CT molecular complexity index is 517. The maximum absolute atomic E-state index is 12.1. The lowest BCUT2D eigenvalue weighted by atomic mass is 9.89. The number of rotatable bonds is 4. The second kappa shape index (κ2) is 7.68. The van der Waals surface area contributed by atoms with Crippen LogP contribution in [0.4, 0.5) is 4.79 Å². The maximum atomic E-state index is 12.1. The average Bonchev–Trinajstić information content (AvgIpc) is 2.52. The van der Waals surface area contributed by atoms with E-state index in [1.807, 2.05) is 32.9 Å². The van der Waals surface area contributed by atoms with Crippen LogP contribution in [0.25, 0.3) is 0 Å². The molecule has 23 heavy (non-hydrogen) atoms. The lowest BCUT2D eigenvalue weighted by Gasteiger charge is -2.33. The van der Waals surface area contributed by atoms with Crippen LogP contribution >= 0.6 is 0 Å². The van der Waals surface area contributed by atoms with Crippen LogP contribution in [0.15, 0.2) is 24.3 Å². The van der Waals surface area contributed by atoms with Crippen molar-refractivity contribution in [2.75, 3.05) is 26.2 Å². The van der Waals surface area contributed by atoms with E-state index in [0.717, 1.165) is 31.7 Å². The average molecular weight is 320 g/mol. The summed E-state index contributed by atoms with van der Waals surface area (Å²) in [6.45, 7) is 8.18. The summed E-state index contributed by atoms with van der Waals surface area (Å²) in [7, 11) is 0. The van der Waals surface area contributed by atoms with E-state index in [9.17, 15) is 4.79 Å². The topological polar surface area (TPSA) is 64.8 Å². The summed E-state index contributed by atoms with van der Waals surface area (Å²) in [6.07, 6.45) is 1.68. The highest BCUT2D eigenvalue weighted by Crippen LogP contribution is 2.30.